The molecule has 0 aliphatic carbocycles. The van der Waals surface area contributed by atoms with Crippen LogP contribution in [0.3, 0.4) is 0 Å². The Morgan fingerprint density at radius 2 is 1.64 bits per heavy atom. The largest absolute Gasteiger partial charge is 0.291 e. The lowest BCUT2D eigenvalue weighted by molar-refractivity contribution is 0.0202. The standard InChI is InChI=1S/C9H20N2/c1-5-9-6-10(3)8(2)11(4)7-9/h8-9H,5-7H2,1-4H3. The summed E-state index contributed by atoms with van der Waals surface area (Å²) in [6, 6.07) is 0. The molecule has 1 fully saturated rings. The van der Waals surface area contributed by atoms with Gasteiger partial charge < -0.3 is 0 Å². The van der Waals surface area contributed by atoms with Gasteiger partial charge in [0, 0.05) is 13.1 Å². The molecule has 2 heteroatoms. The summed E-state index contributed by atoms with van der Waals surface area (Å²) < 4.78 is 0. The third-order valence-electron chi connectivity index (χ3n) is 2.95. The first-order chi connectivity index (χ1) is 5.15. The first-order valence-corrected chi connectivity index (χ1v) is 4.55. The molecule has 1 saturated heterocycles. The highest BCUT2D eigenvalue weighted by Gasteiger charge is 2.24. The minimum absolute atomic E-state index is 0.623. The average Bonchev–Trinajstić information content (AvgIpc) is 1.99. The van der Waals surface area contributed by atoms with Crippen LogP contribution in [0.5, 0.6) is 0 Å². The van der Waals surface area contributed by atoms with Crippen molar-refractivity contribution in [3.8, 4) is 0 Å². The summed E-state index contributed by atoms with van der Waals surface area (Å²) in [7, 11) is 4.42. The monoisotopic (exact) mass is 156 g/mol. The quantitative estimate of drug-likeness (QED) is 0.563. The van der Waals surface area contributed by atoms with Crippen LogP contribution in [0.25, 0.3) is 0 Å². The highest BCUT2D eigenvalue weighted by molar-refractivity contribution is 4.76. The van der Waals surface area contributed by atoms with Crippen LogP contribution in [0.1, 0.15) is 20.3 Å². The van der Waals surface area contributed by atoms with Crippen molar-refractivity contribution in [2.24, 2.45) is 5.92 Å². The molecule has 0 bridgehead atoms. The molecule has 1 rings (SSSR count). The molecule has 2 nitrogen and oxygen atoms in total. The van der Waals surface area contributed by atoms with Crippen molar-refractivity contribution in [1.82, 2.24) is 9.80 Å². The maximum absolute atomic E-state index is 2.43. The zero-order chi connectivity index (χ0) is 8.43. The van der Waals surface area contributed by atoms with Crippen LogP contribution in [0, 0.1) is 5.92 Å². The van der Waals surface area contributed by atoms with Crippen molar-refractivity contribution in [3.63, 3.8) is 0 Å². The lowest BCUT2D eigenvalue weighted by Crippen LogP contribution is -2.52. The van der Waals surface area contributed by atoms with Crippen molar-refractivity contribution in [3.05, 3.63) is 0 Å². The maximum Gasteiger partial charge on any atom is 0.0588 e. The summed E-state index contributed by atoms with van der Waals surface area (Å²) in [5, 5.41) is 0. The van der Waals surface area contributed by atoms with Crippen molar-refractivity contribution in [2.75, 3.05) is 27.2 Å². The third kappa shape index (κ3) is 1.94. The fourth-order valence-corrected chi connectivity index (χ4v) is 1.77. The predicted octanol–water partition coefficient (Wildman–Crippen LogP) is 1.24. The van der Waals surface area contributed by atoms with Gasteiger partial charge in [-0.3, -0.25) is 9.80 Å². The third-order valence-corrected chi connectivity index (χ3v) is 2.95. The molecule has 0 aromatic carbocycles. The van der Waals surface area contributed by atoms with Gasteiger partial charge in [-0.15, -0.1) is 0 Å². The van der Waals surface area contributed by atoms with E-state index in [-0.39, 0.29) is 0 Å². The number of nitrogens with zero attached hydrogens (tertiary/aromatic N) is 2. The van der Waals surface area contributed by atoms with E-state index in [0.717, 1.165) is 5.92 Å². The molecule has 0 aromatic rings. The van der Waals surface area contributed by atoms with Crippen molar-refractivity contribution < 1.29 is 0 Å². The fraction of sp³-hybridized carbons (Fsp3) is 1.00. The lowest BCUT2D eigenvalue weighted by Gasteiger charge is -2.41. The molecule has 0 spiro atoms. The summed E-state index contributed by atoms with van der Waals surface area (Å²) in [5.74, 6) is 0.876. The minimum Gasteiger partial charge on any atom is -0.291 e. The second kappa shape index (κ2) is 3.55. The molecule has 0 saturated carbocycles. The summed E-state index contributed by atoms with van der Waals surface area (Å²) in [5.41, 5.74) is 0. The Balaban J connectivity index is 2.47. The van der Waals surface area contributed by atoms with Crippen LogP contribution in [0.2, 0.25) is 0 Å². The Kier molecular flexibility index (Phi) is 2.90. The Hall–Kier alpha value is -0.0800. The first kappa shape index (κ1) is 9.01. The van der Waals surface area contributed by atoms with Crippen LogP contribution >= 0.6 is 0 Å². The van der Waals surface area contributed by atoms with Gasteiger partial charge in [0.2, 0.25) is 0 Å². The maximum atomic E-state index is 2.43. The van der Waals surface area contributed by atoms with E-state index in [1.165, 1.54) is 19.5 Å². The molecule has 0 aromatic heterocycles. The molecule has 0 atom stereocenters. The van der Waals surface area contributed by atoms with Crippen molar-refractivity contribution in [2.45, 2.75) is 26.4 Å². The molecule has 0 radical (unpaired) electrons. The Labute approximate surface area is 70.2 Å². The number of hydrogen-bond donors (Lipinski definition) is 0. The van der Waals surface area contributed by atoms with Gasteiger partial charge in [-0.25, -0.2) is 0 Å². The number of hydrogen-bond acceptors (Lipinski definition) is 2. The van der Waals surface area contributed by atoms with Gasteiger partial charge in [-0.05, 0) is 26.9 Å². The van der Waals surface area contributed by atoms with Crippen LogP contribution in [-0.2, 0) is 0 Å². The molecule has 11 heavy (non-hydrogen) atoms. The molecule has 0 N–H and O–H groups in total. The van der Waals surface area contributed by atoms with Gasteiger partial charge in [0.15, 0.2) is 0 Å². The zero-order valence-corrected chi connectivity index (χ0v) is 8.17. The van der Waals surface area contributed by atoms with E-state index in [9.17, 15) is 0 Å². The van der Waals surface area contributed by atoms with Gasteiger partial charge >= 0.3 is 0 Å². The predicted molar refractivity (Wildman–Crippen MR) is 48.5 cm³/mol. The smallest absolute Gasteiger partial charge is 0.0588 e. The Morgan fingerprint density at radius 1 is 1.18 bits per heavy atom. The van der Waals surface area contributed by atoms with E-state index in [0.29, 0.717) is 6.17 Å². The minimum atomic E-state index is 0.623. The van der Waals surface area contributed by atoms with Crippen LogP contribution in [0.4, 0.5) is 0 Å². The lowest BCUT2D eigenvalue weighted by atomic mass is 10.0. The summed E-state index contributed by atoms with van der Waals surface area (Å²) >= 11 is 0. The molecule has 1 aliphatic rings. The second-order valence-corrected chi connectivity index (χ2v) is 3.79. The molecular weight excluding hydrogens is 136 g/mol. The normalized spacial score (nSPS) is 36.0. The van der Waals surface area contributed by atoms with Crippen molar-refractivity contribution >= 4 is 0 Å². The van der Waals surface area contributed by atoms with Gasteiger partial charge in [-0.2, -0.15) is 0 Å². The van der Waals surface area contributed by atoms with E-state index >= 15 is 0 Å². The molecule has 66 valence electrons. The fourth-order valence-electron chi connectivity index (χ4n) is 1.77. The number of rotatable bonds is 1. The van der Waals surface area contributed by atoms with E-state index in [1.807, 2.05) is 0 Å². The Bertz CT molecular complexity index is 113. The highest BCUT2D eigenvalue weighted by atomic mass is 15.3. The van der Waals surface area contributed by atoms with Crippen LogP contribution < -0.4 is 0 Å². The van der Waals surface area contributed by atoms with Gasteiger partial charge in [0.25, 0.3) is 0 Å². The highest BCUT2D eigenvalue weighted by Crippen LogP contribution is 2.16. The van der Waals surface area contributed by atoms with E-state index in [4.69, 9.17) is 0 Å². The first-order valence-electron chi connectivity index (χ1n) is 4.55. The second-order valence-electron chi connectivity index (χ2n) is 3.79. The SMILES string of the molecule is CCC1CN(C)C(C)N(C)C1. The van der Waals surface area contributed by atoms with Crippen LogP contribution in [-0.4, -0.2) is 43.2 Å². The molecular formula is C9H20N2. The topological polar surface area (TPSA) is 6.48 Å². The van der Waals surface area contributed by atoms with Crippen LogP contribution in [0.15, 0.2) is 0 Å². The molecule has 1 heterocycles. The van der Waals surface area contributed by atoms with E-state index < -0.39 is 0 Å². The molecule has 0 amide bonds. The summed E-state index contributed by atoms with van der Waals surface area (Å²) in [6.07, 6.45) is 1.93. The van der Waals surface area contributed by atoms with E-state index in [2.05, 4.69) is 37.7 Å². The Morgan fingerprint density at radius 3 is 2.00 bits per heavy atom. The van der Waals surface area contributed by atoms with Gasteiger partial charge in [0.1, 0.15) is 0 Å². The molecule has 0 unspecified atom stereocenters. The summed E-state index contributed by atoms with van der Waals surface area (Å²) in [4.78, 5) is 4.86. The van der Waals surface area contributed by atoms with Gasteiger partial charge in [-0.1, -0.05) is 13.3 Å². The van der Waals surface area contributed by atoms with Gasteiger partial charge in [0.05, 0.1) is 6.17 Å². The van der Waals surface area contributed by atoms with E-state index in [1.54, 1.807) is 0 Å². The average molecular weight is 156 g/mol. The zero-order valence-electron chi connectivity index (χ0n) is 8.17. The summed E-state index contributed by atoms with van der Waals surface area (Å²) in [6.45, 7) is 7.08. The van der Waals surface area contributed by atoms with Crippen molar-refractivity contribution in [1.29, 1.82) is 0 Å². The molecule has 1 aliphatic heterocycles.